The minimum Gasteiger partial charge on any atom is -0.392 e. The van der Waals surface area contributed by atoms with Gasteiger partial charge in [0.05, 0.1) is 11.5 Å². The molecule has 0 aliphatic heterocycles. The van der Waals surface area contributed by atoms with Gasteiger partial charge >= 0.3 is 0 Å². The number of benzene rings is 2. The van der Waals surface area contributed by atoms with Crippen LogP contribution in [-0.2, 0) is 23.2 Å². The lowest BCUT2D eigenvalue weighted by molar-refractivity contribution is 0.281. The van der Waals surface area contributed by atoms with Gasteiger partial charge in [-0.2, -0.15) is 0 Å². The Labute approximate surface area is 121 Å². The highest BCUT2D eigenvalue weighted by Crippen LogP contribution is 2.14. The van der Waals surface area contributed by atoms with Crippen molar-refractivity contribution < 1.29 is 22.3 Å². The van der Waals surface area contributed by atoms with Crippen molar-refractivity contribution in [1.82, 2.24) is 4.72 Å². The molecular formula is C14H13F2NO3S. The van der Waals surface area contributed by atoms with Gasteiger partial charge in [-0.25, -0.2) is 21.9 Å². The molecular weight excluding hydrogens is 300 g/mol. The highest BCUT2D eigenvalue weighted by atomic mass is 32.2. The molecule has 2 aromatic carbocycles. The number of hydrogen-bond donors (Lipinski definition) is 2. The van der Waals surface area contributed by atoms with Crippen molar-refractivity contribution in [3.8, 4) is 0 Å². The standard InChI is InChI=1S/C14H13F2NO3S/c15-13-5-4-12(7-14(13)16)21(19,20)17-8-10-2-1-3-11(6-10)9-18/h1-7,17-18H,8-9H2. The Kier molecular flexibility index (Phi) is 4.66. The normalized spacial score (nSPS) is 11.6. The molecule has 0 fully saturated rings. The first-order valence-corrected chi connectivity index (χ1v) is 7.54. The van der Waals surface area contributed by atoms with Crippen LogP contribution in [0.5, 0.6) is 0 Å². The van der Waals surface area contributed by atoms with E-state index in [1.807, 2.05) is 0 Å². The molecule has 2 rings (SSSR count). The van der Waals surface area contributed by atoms with E-state index in [1.165, 1.54) is 0 Å². The molecule has 2 aromatic rings. The predicted molar refractivity (Wildman–Crippen MR) is 72.7 cm³/mol. The maximum atomic E-state index is 13.1. The number of hydrogen-bond acceptors (Lipinski definition) is 3. The summed E-state index contributed by atoms with van der Waals surface area (Å²) in [5.41, 5.74) is 1.30. The van der Waals surface area contributed by atoms with E-state index in [0.717, 1.165) is 12.1 Å². The molecule has 4 nitrogen and oxygen atoms in total. The minimum atomic E-state index is -3.94. The van der Waals surface area contributed by atoms with E-state index in [2.05, 4.69) is 4.72 Å². The van der Waals surface area contributed by atoms with Crippen LogP contribution in [0.3, 0.4) is 0 Å². The third-order valence-corrected chi connectivity index (χ3v) is 4.24. The second kappa shape index (κ2) is 6.30. The van der Waals surface area contributed by atoms with Crippen molar-refractivity contribution in [3.05, 3.63) is 65.2 Å². The van der Waals surface area contributed by atoms with E-state index < -0.39 is 21.7 Å². The molecule has 21 heavy (non-hydrogen) atoms. The van der Waals surface area contributed by atoms with Gasteiger partial charge in [-0.15, -0.1) is 0 Å². The molecule has 0 saturated carbocycles. The first-order valence-electron chi connectivity index (χ1n) is 6.06. The molecule has 7 heteroatoms. The Morgan fingerprint density at radius 3 is 2.38 bits per heavy atom. The van der Waals surface area contributed by atoms with E-state index in [0.29, 0.717) is 17.2 Å². The summed E-state index contributed by atoms with van der Waals surface area (Å²) in [5, 5.41) is 9.01. The van der Waals surface area contributed by atoms with Crippen molar-refractivity contribution in [2.24, 2.45) is 0 Å². The Bertz CT molecular complexity index is 748. The van der Waals surface area contributed by atoms with Crippen molar-refractivity contribution in [3.63, 3.8) is 0 Å². The van der Waals surface area contributed by atoms with Gasteiger partial charge in [-0.05, 0) is 29.3 Å². The van der Waals surface area contributed by atoms with Crippen LogP contribution in [0.4, 0.5) is 8.78 Å². The maximum Gasteiger partial charge on any atom is 0.240 e. The smallest absolute Gasteiger partial charge is 0.240 e. The zero-order chi connectivity index (χ0) is 15.5. The summed E-state index contributed by atoms with van der Waals surface area (Å²) in [7, 11) is -3.94. The average Bonchev–Trinajstić information content (AvgIpc) is 2.48. The topological polar surface area (TPSA) is 66.4 Å². The quantitative estimate of drug-likeness (QED) is 0.886. The van der Waals surface area contributed by atoms with Crippen molar-refractivity contribution in [2.45, 2.75) is 18.0 Å². The van der Waals surface area contributed by atoms with Crippen molar-refractivity contribution in [2.75, 3.05) is 0 Å². The molecule has 0 bridgehead atoms. The molecule has 0 heterocycles. The van der Waals surface area contributed by atoms with Crippen LogP contribution in [0.2, 0.25) is 0 Å². The van der Waals surface area contributed by atoms with Crippen molar-refractivity contribution >= 4 is 10.0 Å². The van der Waals surface area contributed by atoms with Gasteiger partial charge in [0.1, 0.15) is 0 Å². The number of rotatable bonds is 5. The number of halogens is 2. The fourth-order valence-electron chi connectivity index (χ4n) is 1.74. The third-order valence-electron chi connectivity index (χ3n) is 2.84. The second-order valence-electron chi connectivity index (χ2n) is 4.38. The van der Waals surface area contributed by atoms with Crippen LogP contribution < -0.4 is 4.72 Å². The summed E-state index contributed by atoms with van der Waals surface area (Å²) < 4.78 is 52.1. The molecule has 0 aliphatic carbocycles. The predicted octanol–water partition coefficient (Wildman–Crippen LogP) is 1.94. The first-order chi connectivity index (χ1) is 9.92. The maximum absolute atomic E-state index is 13.1. The molecule has 0 atom stereocenters. The van der Waals surface area contributed by atoms with E-state index in [9.17, 15) is 17.2 Å². The van der Waals surface area contributed by atoms with Crippen molar-refractivity contribution in [1.29, 1.82) is 0 Å². The number of nitrogens with one attached hydrogen (secondary N) is 1. The lowest BCUT2D eigenvalue weighted by Crippen LogP contribution is -2.23. The molecule has 112 valence electrons. The lowest BCUT2D eigenvalue weighted by Gasteiger charge is -2.08. The van der Waals surface area contributed by atoms with Crippen LogP contribution in [0.15, 0.2) is 47.4 Å². The van der Waals surface area contributed by atoms with Crippen LogP contribution in [0, 0.1) is 11.6 Å². The zero-order valence-electron chi connectivity index (χ0n) is 10.9. The minimum absolute atomic E-state index is 0.0187. The first kappa shape index (κ1) is 15.6. The zero-order valence-corrected chi connectivity index (χ0v) is 11.7. The Balaban J connectivity index is 2.15. The van der Waals surface area contributed by atoms with Gasteiger partial charge in [0, 0.05) is 6.54 Å². The Hall–Kier alpha value is -1.83. The molecule has 0 unspecified atom stereocenters. The average molecular weight is 313 g/mol. The van der Waals surface area contributed by atoms with Crippen LogP contribution in [0.1, 0.15) is 11.1 Å². The summed E-state index contributed by atoms with van der Waals surface area (Å²) in [4.78, 5) is -0.347. The highest BCUT2D eigenvalue weighted by molar-refractivity contribution is 7.89. The van der Waals surface area contributed by atoms with E-state index in [1.54, 1.807) is 24.3 Å². The number of aliphatic hydroxyl groups is 1. The monoisotopic (exact) mass is 313 g/mol. The lowest BCUT2D eigenvalue weighted by atomic mass is 10.1. The molecule has 0 spiro atoms. The largest absolute Gasteiger partial charge is 0.392 e. The molecule has 0 radical (unpaired) electrons. The van der Waals surface area contributed by atoms with E-state index >= 15 is 0 Å². The summed E-state index contributed by atoms with van der Waals surface area (Å²) in [6, 6.07) is 9.10. The molecule has 0 amide bonds. The summed E-state index contributed by atoms with van der Waals surface area (Å²) in [6.07, 6.45) is 0. The molecule has 0 aromatic heterocycles. The summed E-state index contributed by atoms with van der Waals surface area (Å²) in [5.74, 6) is -2.33. The van der Waals surface area contributed by atoms with Gasteiger partial charge in [-0.1, -0.05) is 24.3 Å². The molecule has 0 aliphatic rings. The molecule has 0 saturated heterocycles. The van der Waals surface area contributed by atoms with Gasteiger partial charge in [0.15, 0.2) is 11.6 Å². The van der Waals surface area contributed by atoms with E-state index in [4.69, 9.17) is 5.11 Å². The third kappa shape index (κ3) is 3.84. The second-order valence-corrected chi connectivity index (χ2v) is 6.15. The Morgan fingerprint density at radius 1 is 1.00 bits per heavy atom. The Morgan fingerprint density at radius 2 is 1.71 bits per heavy atom. The van der Waals surface area contributed by atoms with Gasteiger partial charge < -0.3 is 5.11 Å². The highest BCUT2D eigenvalue weighted by Gasteiger charge is 2.16. The summed E-state index contributed by atoms with van der Waals surface area (Å²) in [6.45, 7) is -0.168. The van der Waals surface area contributed by atoms with Crippen LogP contribution in [-0.4, -0.2) is 13.5 Å². The van der Waals surface area contributed by atoms with Crippen LogP contribution in [0.25, 0.3) is 0 Å². The fourth-order valence-corrected chi connectivity index (χ4v) is 2.77. The molecule has 2 N–H and O–H groups in total. The number of aliphatic hydroxyl groups excluding tert-OH is 1. The fraction of sp³-hybridized carbons (Fsp3) is 0.143. The van der Waals surface area contributed by atoms with E-state index in [-0.39, 0.29) is 18.0 Å². The number of sulfonamides is 1. The van der Waals surface area contributed by atoms with Gasteiger partial charge in [0.25, 0.3) is 0 Å². The SMILES string of the molecule is O=S(=O)(NCc1cccc(CO)c1)c1ccc(F)c(F)c1. The van der Waals surface area contributed by atoms with Crippen LogP contribution >= 0.6 is 0 Å². The summed E-state index contributed by atoms with van der Waals surface area (Å²) >= 11 is 0. The van der Waals surface area contributed by atoms with Gasteiger partial charge in [0.2, 0.25) is 10.0 Å². The van der Waals surface area contributed by atoms with Gasteiger partial charge in [-0.3, -0.25) is 0 Å².